The molecule has 0 amide bonds. The van der Waals surface area contributed by atoms with Crippen LogP contribution in [0.3, 0.4) is 0 Å². The number of aromatic nitrogens is 6. The van der Waals surface area contributed by atoms with Crippen LogP contribution in [0.15, 0.2) is 72.5 Å². The third-order valence-corrected chi connectivity index (χ3v) is 9.14. The van der Waals surface area contributed by atoms with E-state index in [4.69, 9.17) is 4.98 Å². The highest BCUT2D eigenvalue weighted by molar-refractivity contribution is 7.90. The molecule has 11 nitrogen and oxygen atoms in total. The van der Waals surface area contributed by atoms with Crippen LogP contribution in [-0.4, -0.2) is 74.1 Å². The highest BCUT2D eigenvalue weighted by Crippen LogP contribution is 2.37. The fraction of sp³-hybridized carbons (Fsp3) is 0.276. The maximum atomic E-state index is 13.1. The molecule has 3 fully saturated rings. The van der Waals surface area contributed by atoms with Gasteiger partial charge in [-0.25, -0.2) is 27.6 Å². The largest absolute Gasteiger partial charge is 0.353 e. The predicted octanol–water partition coefficient (Wildman–Crippen LogP) is 3.79. The average molecular weight is 602 g/mol. The van der Waals surface area contributed by atoms with Gasteiger partial charge in [0.15, 0.2) is 14.9 Å². The number of piperidine rings is 1. The van der Waals surface area contributed by atoms with Crippen LogP contribution in [0.1, 0.15) is 24.1 Å². The number of alkyl halides is 2. The molecule has 5 aromatic rings. The Balaban J connectivity index is 1.11. The molecule has 43 heavy (non-hydrogen) atoms. The van der Waals surface area contributed by atoms with Crippen LogP contribution in [0.25, 0.3) is 27.8 Å². The van der Waals surface area contributed by atoms with Crippen molar-refractivity contribution in [1.82, 2.24) is 34.3 Å². The van der Waals surface area contributed by atoms with Crippen molar-refractivity contribution in [2.75, 3.05) is 24.2 Å². The summed E-state index contributed by atoms with van der Waals surface area (Å²) in [5.41, 5.74) is 4.58. The summed E-state index contributed by atoms with van der Waals surface area (Å²) in [6, 6.07) is 12.0. The number of rotatable bonds is 7. The molecule has 0 aromatic carbocycles. The lowest BCUT2D eigenvalue weighted by molar-refractivity contribution is -0.00877. The number of hydrogen-bond acceptors (Lipinski definition) is 9. The van der Waals surface area contributed by atoms with Crippen molar-refractivity contribution in [3.63, 3.8) is 0 Å². The van der Waals surface area contributed by atoms with Crippen LogP contribution < -0.4 is 4.90 Å². The zero-order valence-electron chi connectivity index (χ0n) is 22.9. The number of fused-ring (bicyclic) bond motifs is 3. The van der Waals surface area contributed by atoms with E-state index in [1.165, 1.54) is 18.6 Å². The highest BCUT2D eigenvalue weighted by atomic mass is 32.2. The first-order valence-electron chi connectivity index (χ1n) is 13.5. The van der Waals surface area contributed by atoms with Crippen LogP contribution >= 0.6 is 0 Å². The summed E-state index contributed by atoms with van der Waals surface area (Å²) in [7, 11) is -3.33. The van der Waals surface area contributed by atoms with Gasteiger partial charge in [-0.3, -0.25) is 4.90 Å². The van der Waals surface area contributed by atoms with E-state index in [0.29, 0.717) is 51.1 Å². The number of hydrogen-bond donors (Lipinski definition) is 0. The Kier molecular flexibility index (Phi) is 6.44. The van der Waals surface area contributed by atoms with Gasteiger partial charge >= 0.3 is 6.55 Å². The number of piperazine rings is 1. The molecule has 2 atom stereocenters. The van der Waals surface area contributed by atoms with Gasteiger partial charge in [-0.2, -0.15) is 24.2 Å². The number of nitrogens with zero attached hydrogens (tertiary/aromatic N) is 9. The fourth-order valence-corrected chi connectivity index (χ4v) is 6.53. The summed E-state index contributed by atoms with van der Waals surface area (Å²) < 4.78 is 51.9. The van der Waals surface area contributed by atoms with Gasteiger partial charge in [0.2, 0.25) is 0 Å². The lowest BCUT2D eigenvalue weighted by Crippen LogP contribution is -2.68. The minimum absolute atomic E-state index is 0.0770. The van der Waals surface area contributed by atoms with Crippen molar-refractivity contribution in [2.45, 2.75) is 36.6 Å². The molecule has 218 valence electrons. The molecule has 2 unspecified atom stereocenters. The highest BCUT2D eigenvalue weighted by Gasteiger charge is 2.44. The molecular formula is C29H25F2N9O2S. The minimum atomic E-state index is -3.33. The SMILES string of the molecule is CS(=O)(=O)c1ccc(CN2C3CC2CN(c2ccc(-c4cc(-c5cnn(C(F)F)c5)cn5ncc(C#N)c45)cn2)C3)cn1. The predicted molar refractivity (Wildman–Crippen MR) is 153 cm³/mol. The van der Waals surface area contributed by atoms with E-state index in [1.807, 2.05) is 24.3 Å². The Morgan fingerprint density at radius 3 is 2.42 bits per heavy atom. The Labute approximate surface area is 245 Å². The number of anilines is 1. The van der Waals surface area contributed by atoms with E-state index in [0.717, 1.165) is 42.7 Å². The van der Waals surface area contributed by atoms with E-state index in [-0.39, 0.29) is 5.03 Å². The average Bonchev–Trinajstić information content (AvgIpc) is 3.67. The second-order valence-electron chi connectivity index (χ2n) is 10.9. The molecule has 14 heteroatoms. The zero-order valence-corrected chi connectivity index (χ0v) is 23.7. The first kappa shape index (κ1) is 27.1. The summed E-state index contributed by atoms with van der Waals surface area (Å²) in [4.78, 5) is 13.6. The van der Waals surface area contributed by atoms with Gasteiger partial charge < -0.3 is 4.90 Å². The van der Waals surface area contributed by atoms with Gasteiger partial charge in [-0.05, 0) is 36.2 Å². The third-order valence-electron chi connectivity index (χ3n) is 8.14. The summed E-state index contributed by atoms with van der Waals surface area (Å²) in [5, 5.41) is 17.8. The number of pyridine rings is 3. The first-order chi connectivity index (χ1) is 20.7. The topological polar surface area (TPSA) is 125 Å². The molecule has 3 saturated heterocycles. The smallest absolute Gasteiger partial charge is 0.333 e. The second kappa shape index (κ2) is 10.2. The van der Waals surface area contributed by atoms with Crippen LogP contribution in [0.5, 0.6) is 0 Å². The van der Waals surface area contributed by atoms with Crippen molar-refractivity contribution in [1.29, 1.82) is 5.26 Å². The summed E-state index contributed by atoms with van der Waals surface area (Å²) in [5.74, 6) is 0.844. The Morgan fingerprint density at radius 1 is 0.977 bits per heavy atom. The summed E-state index contributed by atoms with van der Waals surface area (Å²) in [6.45, 7) is -0.414. The normalized spacial score (nSPS) is 18.6. The third kappa shape index (κ3) is 4.90. The van der Waals surface area contributed by atoms with Gasteiger partial charge in [0, 0.05) is 85.0 Å². The van der Waals surface area contributed by atoms with Crippen molar-refractivity contribution in [2.24, 2.45) is 0 Å². The van der Waals surface area contributed by atoms with E-state index < -0.39 is 16.4 Å². The molecule has 3 aliphatic heterocycles. The Bertz CT molecular complexity index is 1970. The number of halogens is 2. The molecule has 0 radical (unpaired) electrons. The van der Waals surface area contributed by atoms with E-state index in [2.05, 4.69) is 31.1 Å². The van der Waals surface area contributed by atoms with Gasteiger partial charge in [-0.1, -0.05) is 6.07 Å². The van der Waals surface area contributed by atoms with Crippen LogP contribution in [0.4, 0.5) is 14.6 Å². The van der Waals surface area contributed by atoms with Gasteiger partial charge in [-0.15, -0.1) is 0 Å². The van der Waals surface area contributed by atoms with E-state index in [9.17, 15) is 22.5 Å². The fourth-order valence-electron chi connectivity index (χ4n) is 5.97. The monoisotopic (exact) mass is 601 g/mol. The first-order valence-corrected chi connectivity index (χ1v) is 15.4. The molecule has 0 aliphatic carbocycles. The zero-order chi connectivity index (χ0) is 29.9. The standard InChI is InChI=1S/C29H25F2N9O2S/c1-43(41,42)27-5-2-18(9-34-27)13-38-23-7-24(38)17-37(16-23)26-4-3-19(10-33-26)25-6-20(22-12-36-40(15-22)29(30)31)14-39-28(25)21(8-32)11-35-39/h2-6,9-12,14-15,23-24,29H,7,13,16-17H2,1H3. The maximum Gasteiger partial charge on any atom is 0.333 e. The van der Waals surface area contributed by atoms with Gasteiger partial charge in [0.25, 0.3) is 0 Å². The Morgan fingerprint density at radius 2 is 1.79 bits per heavy atom. The van der Waals surface area contributed by atoms with Gasteiger partial charge in [0.1, 0.15) is 11.9 Å². The van der Waals surface area contributed by atoms with Crippen molar-refractivity contribution < 1.29 is 17.2 Å². The maximum absolute atomic E-state index is 13.1. The molecule has 0 N–H and O–H groups in total. The van der Waals surface area contributed by atoms with Crippen LogP contribution in [0.2, 0.25) is 0 Å². The van der Waals surface area contributed by atoms with Crippen molar-refractivity contribution in [3.05, 3.63) is 78.6 Å². The molecular weight excluding hydrogens is 576 g/mol. The van der Waals surface area contributed by atoms with Crippen LogP contribution in [-0.2, 0) is 16.4 Å². The van der Waals surface area contributed by atoms with Crippen molar-refractivity contribution >= 4 is 21.2 Å². The molecule has 0 spiro atoms. The lowest BCUT2D eigenvalue weighted by Gasteiger charge is -2.56. The summed E-state index contributed by atoms with van der Waals surface area (Å²) in [6.07, 6.45) is 11.5. The second-order valence-corrected chi connectivity index (χ2v) is 12.9. The van der Waals surface area contributed by atoms with Crippen LogP contribution in [0, 0.1) is 11.3 Å². The number of sulfone groups is 1. The molecule has 8 rings (SSSR count). The van der Waals surface area contributed by atoms with E-state index in [1.54, 1.807) is 29.2 Å². The molecule has 5 aromatic heterocycles. The molecule has 0 saturated carbocycles. The molecule has 8 heterocycles. The quantitative estimate of drug-likeness (QED) is 0.274. The molecule has 3 aliphatic rings. The summed E-state index contributed by atoms with van der Waals surface area (Å²) >= 11 is 0. The Hall–Kier alpha value is -4.74. The minimum Gasteiger partial charge on any atom is -0.353 e. The van der Waals surface area contributed by atoms with Gasteiger partial charge in [0.05, 0.1) is 23.5 Å². The lowest BCUT2D eigenvalue weighted by atomic mass is 9.87. The molecule has 2 bridgehead atoms. The van der Waals surface area contributed by atoms with E-state index >= 15 is 0 Å². The van der Waals surface area contributed by atoms with Crippen molar-refractivity contribution in [3.8, 4) is 28.3 Å². The number of nitriles is 1.